The molecule has 1 aliphatic rings. The third-order valence-electron chi connectivity index (χ3n) is 2.43. The minimum atomic E-state index is 0.0791. The zero-order chi connectivity index (χ0) is 11.4. The molecule has 0 atom stereocenters. The maximum absolute atomic E-state index is 11.6. The molecule has 0 unspecified atom stereocenters. The molecule has 0 saturated carbocycles. The Kier molecular flexibility index (Phi) is 3.10. The molecule has 0 amide bonds. The molecule has 1 aliphatic carbocycles. The number of allylic oxidation sites excluding steroid dienone is 3. The van der Waals surface area contributed by atoms with Gasteiger partial charge in [0.2, 0.25) is 0 Å². The Morgan fingerprint density at radius 3 is 3.19 bits per heavy atom. The molecular weight excluding hydrogens is 202 g/mol. The number of hydrogen-bond acceptors (Lipinski definition) is 3. The fourth-order valence-corrected chi connectivity index (χ4v) is 1.47. The first-order valence-electron chi connectivity index (χ1n) is 5.13. The number of carbonyl (C=O) groups is 1. The molecule has 4 heteroatoms. The summed E-state index contributed by atoms with van der Waals surface area (Å²) in [6, 6.07) is 0. The second kappa shape index (κ2) is 4.70. The largest absolute Gasteiger partial charge is 0.333 e. The fourth-order valence-electron chi connectivity index (χ4n) is 1.47. The average molecular weight is 215 g/mol. The minimum absolute atomic E-state index is 0.0791. The quantitative estimate of drug-likeness (QED) is 0.710. The van der Waals surface area contributed by atoms with Crippen molar-refractivity contribution in [2.75, 3.05) is 6.54 Å². The second-order valence-corrected chi connectivity index (χ2v) is 3.61. The van der Waals surface area contributed by atoms with Crippen molar-refractivity contribution in [3.63, 3.8) is 0 Å². The SMILES string of the molecule is Cn1ccnc1C=NCC(=O)C1=CC=CC1. The molecule has 0 radical (unpaired) electrons. The van der Waals surface area contributed by atoms with E-state index in [2.05, 4.69) is 9.98 Å². The normalized spacial score (nSPS) is 14.7. The van der Waals surface area contributed by atoms with Gasteiger partial charge in [0.15, 0.2) is 5.78 Å². The van der Waals surface area contributed by atoms with Gasteiger partial charge < -0.3 is 4.57 Å². The maximum Gasteiger partial charge on any atom is 0.180 e. The highest BCUT2D eigenvalue weighted by atomic mass is 16.1. The molecular formula is C12H13N3O. The molecule has 1 aromatic heterocycles. The molecule has 82 valence electrons. The molecule has 16 heavy (non-hydrogen) atoms. The van der Waals surface area contributed by atoms with E-state index in [1.165, 1.54) is 0 Å². The van der Waals surface area contributed by atoms with Crippen molar-refractivity contribution >= 4 is 12.0 Å². The van der Waals surface area contributed by atoms with Crippen LogP contribution in [0.4, 0.5) is 0 Å². The van der Waals surface area contributed by atoms with Gasteiger partial charge in [0.1, 0.15) is 12.4 Å². The lowest BCUT2D eigenvalue weighted by molar-refractivity contribution is -0.114. The molecule has 0 bridgehead atoms. The molecule has 0 saturated heterocycles. The predicted molar refractivity (Wildman–Crippen MR) is 62.5 cm³/mol. The van der Waals surface area contributed by atoms with Crippen LogP contribution in [-0.2, 0) is 11.8 Å². The van der Waals surface area contributed by atoms with Gasteiger partial charge in [0.05, 0.1) is 6.21 Å². The first-order valence-corrected chi connectivity index (χ1v) is 5.13. The Bertz CT molecular complexity index is 480. The van der Waals surface area contributed by atoms with Crippen molar-refractivity contribution < 1.29 is 4.79 Å². The topological polar surface area (TPSA) is 47.2 Å². The Labute approximate surface area is 94.0 Å². The Morgan fingerprint density at radius 1 is 1.69 bits per heavy atom. The summed E-state index contributed by atoms with van der Waals surface area (Å²) in [5.74, 6) is 0.835. The van der Waals surface area contributed by atoms with E-state index in [-0.39, 0.29) is 12.3 Å². The summed E-state index contributed by atoms with van der Waals surface area (Å²) in [5.41, 5.74) is 0.831. The highest BCUT2D eigenvalue weighted by molar-refractivity contribution is 5.98. The van der Waals surface area contributed by atoms with Crippen LogP contribution in [0, 0.1) is 0 Å². The molecule has 1 aromatic rings. The summed E-state index contributed by atoms with van der Waals surface area (Å²) in [6.07, 6.45) is 11.6. The van der Waals surface area contributed by atoms with E-state index in [0.29, 0.717) is 0 Å². The number of aryl methyl sites for hydroxylation is 1. The number of imidazole rings is 1. The van der Waals surface area contributed by atoms with Gasteiger partial charge in [-0.2, -0.15) is 0 Å². The Hall–Kier alpha value is -1.97. The number of aromatic nitrogens is 2. The van der Waals surface area contributed by atoms with Crippen LogP contribution < -0.4 is 0 Å². The van der Waals surface area contributed by atoms with Gasteiger partial charge in [0, 0.05) is 25.0 Å². The van der Waals surface area contributed by atoms with E-state index >= 15 is 0 Å². The van der Waals surface area contributed by atoms with E-state index in [1.807, 2.05) is 36.0 Å². The van der Waals surface area contributed by atoms with Gasteiger partial charge in [-0.05, 0) is 6.42 Å². The van der Waals surface area contributed by atoms with Crippen molar-refractivity contribution in [3.05, 3.63) is 42.0 Å². The highest BCUT2D eigenvalue weighted by Gasteiger charge is 2.08. The summed E-state index contributed by atoms with van der Waals surface area (Å²) in [7, 11) is 1.89. The lowest BCUT2D eigenvalue weighted by Gasteiger charge is -1.97. The number of hydrogen-bond donors (Lipinski definition) is 0. The van der Waals surface area contributed by atoms with Gasteiger partial charge in [-0.3, -0.25) is 9.79 Å². The first kappa shape index (κ1) is 10.5. The Balaban J connectivity index is 1.90. The van der Waals surface area contributed by atoms with E-state index in [9.17, 15) is 4.79 Å². The fraction of sp³-hybridized carbons (Fsp3) is 0.250. The molecule has 0 aliphatic heterocycles. The van der Waals surface area contributed by atoms with E-state index in [1.54, 1.807) is 12.4 Å². The number of aliphatic imine (C=N–C) groups is 1. The van der Waals surface area contributed by atoms with E-state index in [4.69, 9.17) is 0 Å². The first-order chi connectivity index (χ1) is 7.77. The van der Waals surface area contributed by atoms with Crippen LogP contribution in [0.2, 0.25) is 0 Å². The average Bonchev–Trinajstić information content (AvgIpc) is 2.90. The zero-order valence-electron chi connectivity index (χ0n) is 9.13. The van der Waals surface area contributed by atoms with Gasteiger partial charge in [-0.15, -0.1) is 0 Å². The Morgan fingerprint density at radius 2 is 2.56 bits per heavy atom. The van der Waals surface area contributed by atoms with Gasteiger partial charge in [-0.25, -0.2) is 4.98 Å². The smallest absolute Gasteiger partial charge is 0.180 e. The van der Waals surface area contributed by atoms with Gasteiger partial charge >= 0.3 is 0 Å². The van der Waals surface area contributed by atoms with Crippen LogP contribution in [0.15, 0.2) is 41.2 Å². The third kappa shape index (κ3) is 2.34. The lowest BCUT2D eigenvalue weighted by atomic mass is 10.1. The standard InChI is InChI=1S/C12H13N3O/c1-15-7-6-14-12(15)9-13-8-11(16)10-4-2-3-5-10/h2-4,6-7,9H,5,8H2,1H3. The van der Waals surface area contributed by atoms with Crippen LogP contribution in [0.3, 0.4) is 0 Å². The van der Waals surface area contributed by atoms with E-state index < -0.39 is 0 Å². The number of nitrogens with zero attached hydrogens (tertiary/aromatic N) is 3. The van der Waals surface area contributed by atoms with Crippen LogP contribution >= 0.6 is 0 Å². The second-order valence-electron chi connectivity index (χ2n) is 3.61. The van der Waals surface area contributed by atoms with Crippen LogP contribution in [-0.4, -0.2) is 28.1 Å². The number of ketones is 1. The lowest BCUT2D eigenvalue weighted by Crippen LogP contribution is -2.06. The molecule has 2 rings (SSSR count). The summed E-state index contributed by atoms with van der Waals surface area (Å²) in [4.78, 5) is 19.8. The van der Waals surface area contributed by atoms with E-state index in [0.717, 1.165) is 17.8 Å². The number of Topliss-reactive ketones (excluding diaryl/α,β-unsaturated/α-hetero) is 1. The number of rotatable bonds is 4. The predicted octanol–water partition coefficient (Wildman–Crippen LogP) is 1.29. The molecule has 0 N–H and O–H groups in total. The van der Waals surface area contributed by atoms with Crippen LogP contribution in [0.5, 0.6) is 0 Å². The van der Waals surface area contributed by atoms with Gasteiger partial charge in [-0.1, -0.05) is 18.2 Å². The highest BCUT2D eigenvalue weighted by Crippen LogP contribution is 2.11. The molecule has 0 aromatic carbocycles. The monoisotopic (exact) mass is 215 g/mol. The van der Waals surface area contributed by atoms with Crippen LogP contribution in [0.1, 0.15) is 12.2 Å². The van der Waals surface area contributed by atoms with Crippen molar-refractivity contribution in [2.45, 2.75) is 6.42 Å². The van der Waals surface area contributed by atoms with Gasteiger partial charge in [0.25, 0.3) is 0 Å². The summed E-state index contributed by atoms with van der Waals surface area (Å²) in [6.45, 7) is 0.195. The van der Waals surface area contributed by atoms with Crippen molar-refractivity contribution in [1.82, 2.24) is 9.55 Å². The molecule has 4 nitrogen and oxygen atoms in total. The summed E-state index contributed by atoms with van der Waals surface area (Å²) in [5, 5.41) is 0. The maximum atomic E-state index is 11.6. The minimum Gasteiger partial charge on any atom is -0.333 e. The number of carbonyl (C=O) groups excluding carboxylic acids is 1. The molecule has 0 spiro atoms. The summed E-state index contributed by atoms with van der Waals surface area (Å²) < 4.78 is 1.85. The zero-order valence-corrected chi connectivity index (χ0v) is 9.13. The van der Waals surface area contributed by atoms with Crippen LogP contribution in [0.25, 0.3) is 0 Å². The van der Waals surface area contributed by atoms with Crippen molar-refractivity contribution in [3.8, 4) is 0 Å². The molecule has 1 heterocycles. The van der Waals surface area contributed by atoms with Crippen molar-refractivity contribution in [2.24, 2.45) is 12.0 Å². The summed E-state index contributed by atoms with van der Waals surface area (Å²) >= 11 is 0. The molecule has 0 fully saturated rings. The van der Waals surface area contributed by atoms with Crippen molar-refractivity contribution in [1.29, 1.82) is 0 Å². The third-order valence-corrected chi connectivity index (χ3v) is 2.43.